The number of hydrogen-bond donors (Lipinski definition) is 1. The molecule has 1 heterocycles. The smallest absolute Gasteiger partial charge is 0.491 e. The monoisotopic (exact) mass is 466 g/mol. The van der Waals surface area contributed by atoms with Crippen LogP contribution in [0.25, 0.3) is 11.1 Å². The molecule has 0 aliphatic carbocycles. The Morgan fingerprint density at radius 3 is 2.45 bits per heavy atom. The lowest BCUT2D eigenvalue weighted by molar-refractivity contribution is -0.201. The van der Waals surface area contributed by atoms with E-state index in [1.165, 1.54) is 4.90 Å². The number of nitrogens with two attached hydrogens (primary N) is 1. The Morgan fingerprint density at radius 1 is 1.09 bits per heavy atom. The molecule has 0 unspecified atom stereocenters. The minimum absolute atomic E-state index is 0.108. The van der Waals surface area contributed by atoms with Gasteiger partial charge in [0.25, 0.3) is 5.91 Å². The van der Waals surface area contributed by atoms with E-state index in [9.17, 15) is 27.6 Å². The fraction of sp³-hybridized carbons (Fsp3) is 0.318. The molecule has 8 nitrogen and oxygen atoms in total. The van der Waals surface area contributed by atoms with Crippen molar-refractivity contribution in [2.45, 2.75) is 12.6 Å². The number of fused-ring (bicyclic) bond motifs is 1. The van der Waals surface area contributed by atoms with Crippen LogP contribution in [0.5, 0.6) is 11.5 Å². The maximum absolute atomic E-state index is 13.0. The third-order valence-corrected chi connectivity index (χ3v) is 4.71. The molecule has 0 bridgehead atoms. The Kier molecular flexibility index (Phi) is 7.54. The molecule has 0 atom stereocenters. The van der Waals surface area contributed by atoms with Crippen LogP contribution in [0.2, 0.25) is 0 Å². The Labute approximate surface area is 187 Å². The van der Waals surface area contributed by atoms with Gasteiger partial charge in [-0.15, -0.1) is 0 Å². The first-order chi connectivity index (χ1) is 15.7. The summed E-state index contributed by atoms with van der Waals surface area (Å²) in [5.41, 5.74) is 7.21. The van der Waals surface area contributed by atoms with Gasteiger partial charge in [0, 0.05) is 13.1 Å². The number of nitrogens with zero attached hydrogens (tertiary/aromatic N) is 1. The molecule has 0 saturated heterocycles. The summed E-state index contributed by atoms with van der Waals surface area (Å²) in [5.74, 6) is -3.42. The van der Waals surface area contributed by atoms with Crippen LogP contribution in [0.4, 0.5) is 13.2 Å². The first-order valence-corrected chi connectivity index (χ1v) is 10.0. The van der Waals surface area contributed by atoms with Gasteiger partial charge in [0.2, 0.25) is 0 Å². The van der Waals surface area contributed by atoms with E-state index in [0.717, 1.165) is 11.1 Å². The summed E-state index contributed by atoms with van der Waals surface area (Å²) < 4.78 is 51.5. The molecule has 1 amide bonds. The van der Waals surface area contributed by atoms with Crippen LogP contribution in [0.1, 0.15) is 16.8 Å². The number of rotatable bonds is 7. The number of ether oxygens (including phenoxy) is 3. The number of amides is 1. The van der Waals surface area contributed by atoms with Gasteiger partial charge in [-0.1, -0.05) is 18.2 Å². The first-order valence-electron chi connectivity index (χ1n) is 10.0. The fourth-order valence-corrected chi connectivity index (χ4v) is 3.11. The Hall–Kier alpha value is -3.60. The minimum Gasteiger partial charge on any atom is -0.492 e. The average Bonchev–Trinajstić information content (AvgIpc) is 2.94. The van der Waals surface area contributed by atoms with Crippen molar-refractivity contribution in [3.63, 3.8) is 0 Å². The SMILES string of the molecule is NCCOc1ccc(-c2ccc3c(c2)C(=O)N(CCC(=O)OC(=O)C(F)(F)F)CCO3)cc1. The largest absolute Gasteiger partial charge is 0.492 e. The first kappa shape index (κ1) is 24.1. The molecule has 2 N–H and O–H groups in total. The standard InChI is InChI=1S/C22H21F3N2O6/c23-22(24,25)21(30)33-19(28)7-9-27-10-12-32-18-6-3-15(13-17(18)20(27)29)14-1-4-16(5-2-14)31-11-8-26/h1-6,13H,7-12,26H2. The predicted molar refractivity (Wildman–Crippen MR) is 110 cm³/mol. The number of halogens is 3. The normalized spacial score (nSPS) is 13.6. The molecule has 1 aliphatic heterocycles. The number of alkyl halides is 3. The van der Waals surface area contributed by atoms with E-state index in [0.29, 0.717) is 24.7 Å². The second-order valence-corrected chi connectivity index (χ2v) is 7.02. The van der Waals surface area contributed by atoms with E-state index in [-0.39, 0.29) is 25.3 Å². The fourth-order valence-electron chi connectivity index (χ4n) is 3.11. The molecule has 0 radical (unpaired) electrons. The number of carbonyl (C=O) groups is 3. The van der Waals surface area contributed by atoms with Crippen LogP contribution >= 0.6 is 0 Å². The lowest BCUT2D eigenvalue weighted by Crippen LogP contribution is -2.35. The molecule has 2 aromatic rings. The Morgan fingerprint density at radius 2 is 1.79 bits per heavy atom. The summed E-state index contributed by atoms with van der Waals surface area (Å²) in [7, 11) is 0. The molecular weight excluding hydrogens is 445 g/mol. The number of carbonyl (C=O) groups excluding carboxylic acids is 3. The van der Waals surface area contributed by atoms with E-state index in [1.807, 2.05) is 12.1 Å². The highest BCUT2D eigenvalue weighted by molar-refractivity contribution is 5.99. The predicted octanol–water partition coefficient (Wildman–Crippen LogP) is 2.55. The maximum Gasteiger partial charge on any atom is 0.491 e. The third kappa shape index (κ3) is 6.22. The Balaban J connectivity index is 1.70. The highest BCUT2D eigenvalue weighted by Crippen LogP contribution is 2.30. The van der Waals surface area contributed by atoms with Gasteiger partial charge in [0.1, 0.15) is 24.7 Å². The number of hydrogen-bond acceptors (Lipinski definition) is 7. The van der Waals surface area contributed by atoms with Gasteiger partial charge in [-0.3, -0.25) is 9.59 Å². The molecule has 1 aliphatic rings. The molecule has 33 heavy (non-hydrogen) atoms. The second kappa shape index (κ2) is 10.3. The summed E-state index contributed by atoms with van der Waals surface area (Å²) in [6.45, 7) is 0.778. The van der Waals surface area contributed by atoms with Gasteiger partial charge in [0.05, 0.1) is 18.5 Å². The van der Waals surface area contributed by atoms with E-state index in [4.69, 9.17) is 15.2 Å². The minimum atomic E-state index is -5.27. The molecular formula is C22H21F3N2O6. The van der Waals surface area contributed by atoms with Crippen LogP contribution < -0.4 is 15.2 Å². The summed E-state index contributed by atoms with van der Waals surface area (Å²) in [4.78, 5) is 36.6. The summed E-state index contributed by atoms with van der Waals surface area (Å²) in [6, 6.07) is 12.3. The molecule has 0 spiro atoms. The summed E-state index contributed by atoms with van der Waals surface area (Å²) in [6.07, 6.45) is -5.85. The topological polar surface area (TPSA) is 108 Å². The van der Waals surface area contributed by atoms with Crippen molar-refractivity contribution >= 4 is 17.8 Å². The van der Waals surface area contributed by atoms with Crippen molar-refractivity contribution in [1.29, 1.82) is 0 Å². The Bertz CT molecular complexity index is 1020. The molecule has 0 fully saturated rings. The highest BCUT2D eigenvalue weighted by Gasteiger charge is 2.42. The lowest BCUT2D eigenvalue weighted by Gasteiger charge is -2.19. The quantitative estimate of drug-likeness (QED) is 0.494. The van der Waals surface area contributed by atoms with E-state index in [1.54, 1.807) is 30.3 Å². The van der Waals surface area contributed by atoms with Gasteiger partial charge in [0.15, 0.2) is 0 Å². The summed E-state index contributed by atoms with van der Waals surface area (Å²) in [5, 5.41) is 0. The average molecular weight is 466 g/mol. The van der Waals surface area contributed by atoms with E-state index < -0.39 is 30.4 Å². The van der Waals surface area contributed by atoms with Crippen molar-refractivity contribution in [2.24, 2.45) is 5.73 Å². The van der Waals surface area contributed by atoms with Crippen molar-refractivity contribution in [3.8, 4) is 22.6 Å². The highest BCUT2D eigenvalue weighted by atomic mass is 19.4. The molecule has 0 saturated carbocycles. The van der Waals surface area contributed by atoms with Gasteiger partial charge >= 0.3 is 18.1 Å². The second-order valence-electron chi connectivity index (χ2n) is 7.02. The molecule has 3 rings (SSSR count). The lowest BCUT2D eigenvalue weighted by atomic mass is 10.0. The zero-order valence-electron chi connectivity index (χ0n) is 17.4. The van der Waals surface area contributed by atoms with Crippen molar-refractivity contribution < 1.29 is 41.8 Å². The zero-order chi connectivity index (χ0) is 24.0. The maximum atomic E-state index is 13.0. The van der Waals surface area contributed by atoms with Crippen LogP contribution in [0, 0.1) is 0 Å². The van der Waals surface area contributed by atoms with E-state index in [2.05, 4.69) is 4.74 Å². The van der Waals surface area contributed by atoms with E-state index >= 15 is 0 Å². The van der Waals surface area contributed by atoms with Crippen LogP contribution in [0.3, 0.4) is 0 Å². The van der Waals surface area contributed by atoms with Crippen LogP contribution in [-0.2, 0) is 14.3 Å². The zero-order valence-corrected chi connectivity index (χ0v) is 17.4. The van der Waals surface area contributed by atoms with Gasteiger partial charge < -0.3 is 24.8 Å². The van der Waals surface area contributed by atoms with Crippen LogP contribution in [0.15, 0.2) is 42.5 Å². The molecule has 0 aromatic heterocycles. The van der Waals surface area contributed by atoms with Crippen molar-refractivity contribution in [2.75, 3.05) is 32.8 Å². The number of benzene rings is 2. The van der Waals surface area contributed by atoms with Crippen molar-refractivity contribution in [1.82, 2.24) is 4.90 Å². The number of esters is 2. The van der Waals surface area contributed by atoms with Crippen molar-refractivity contribution in [3.05, 3.63) is 48.0 Å². The molecule has 11 heteroatoms. The molecule has 2 aromatic carbocycles. The molecule has 176 valence electrons. The van der Waals surface area contributed by atoms with Gasteiger partial charge in [-0.25, -0.2) is 4.79 Å². The van der Waals surface area contributed by atoms with Gasteiger partial charge in [-0.05, 0) is 35.4 Å². The van der Waals surface area contributed by atoms with Crippen LogP contribution in [-0.4, -0.2) is 61.8 Å². The third-order valence-electron chi connectivity index (χ3n) is 4.71. The van der Waals surface area contributed by atoms with Gasteiger partial charge in [-0.2, -0.15) is 13.2 Å². The summed E-state index contributed by atoms with van der Waals surface area (Å²) >= 11 is 0.